The van der Waals surface area contributed by atoms with Crippen LogP contribution in [0.3, 0.4) is 0 Å². The monoisotopic (exact) mass is 414 g/mol. The molecule has 120 valence electrons. The summed E-state index contributed by atoms with van der Waals surface area (Å²) >= 11 is 9.21. The van der Waals surface area contributed by atoms with Crippen molar-refractivity contribution < 1.29 is 4.57 Å². The van der Waals surface area contributed by atoms with Gasteiger partial charge in [0.05, 0.1) is 6.54 Å². The van der Waals surface area contributed by atoms with Gasteiger partial charge in [0.25, 0.3) is 0 Å². The largest absolute Gasteiger partial charge is 0.382 e. The quantitative estimate of drug-likeness (QED) is 0.401. The molecule has 7 nitrogen and oxygen atoms in total. The van der Waals surface area contributed by atoms with Crippen molar-refractivity contribution >= 4 is 57.2 Å². The van der Waals surface area contributed by atoms with Gasteiger partial charge in [0, 0.05) is 6.20 Å². The lowest BCUT2D eigenvalue weighted by atomic mass is 10.3. The van der Waals surface area contributed by atoms with Crippen molar-refractivity contribution in [3.05, 3.63) is 33.8 Å². The minimum atomic E-state index is -2.64. The van der Waals surface area contributed by atoms with E-state index in [0.717, 1.165) is 5.56 Å². The number of pyridine rings is 1. The van der Waals surface area contributed by atoms with Crippen LogP contribution in [0.4, 0.5) is 5.82 Å². The Hall–Kier alpha value is -1.50. The Morgan fingerprint density at radius 3 is 2.65 bits per heavy atom. The fraction of sp³-hybridized carbons (Fsp3) is 0.231. The Morgan fingerprint density at radius 1 is 1.30 bits per heavy atom. The highest BCUT2D eigenvalue weighted by atomic mass is 79.9. The second-order valence-corrected chi connectivity index (χ2v) is 9.59. The van der Waals surface area contributed by atoms with E-state index in [-0.39, 0.29) is 11.4 Å². The number of nitrogens with two attached hydrogens (primary N) is 1. The molecule has 3 rings (SSSR count). The van der Waals surface area contributed by atoms with Crippen LogP contribution in [-0.2, 0) is 11.1 Å². The Morgan fingerprint density at radius 2 is 2.04 bits per heavy atom. The van der Waals surface area contributed by atoms with Gasteiger partial charge < -0.3 is 10.3 Å². The zero-order valence-electron chi connectivity index (χ0n) is 12.4. The average molecular weight is 416 g/mol. The highest BCUT2D eigenvalue weighted by molar-refractivity contribution is 9.10. The molecule has 0 bridgehead atoms. The fourth-order valence-electron chi connectivity index (χ4n) is 2.05. The van der Waals surface area contributed by atoms with E-state index in [1.807, 2.05) is 10.6 Å². The number of aromatic nitrogens is 5. The molecule has 0 saturated carbocycles. The molecule has 0 aliphatic carbocycles. The van der Waals surface area contributed by atoms with Gasteiger partial charge in [0.1, 0.15) is 12.3 Å². The second-order valence-electron chi connectivity index (χ2n) is 5.39. The van der Waals surface area contributed by atoms with Crippen molar-refractivity contribution in [1.82, 2.24) is 24.5 Å². The second kappa shape index (κ2) is 5.85. The lowest BCUT2D eigenvalue weighted by Crippen LogP contribution is -2.17. The SMILES string of the molecule is CP(C)(=O)c1nc(N)c2nc(Br)n(Cc3ccc(Cl)nc3)c2n1. The normalized spacial score (nSPS) is 12.0. The van der Waals surface area contributed by atoms with Crippen LogP contribution in [0.1, 0.15) is 5.56 Å². The van der Waals surface area contributed by atoms with Gasteiger partial charge in [0.15, 0.2) is 27.3 Å². The van der Waals surface area contributed by atoms with Crippen LogP contribution in [0, 0.1) is 0 Å². The molecule has 0 aromatic carbocycles. The lowest BCUT2D eigenvalue weighted by Gasteiger charge is -2.09. The molecular formula is C13H13BrClN6OP. The van der Waals surface area contributed by atoms with Gasteiger partial charge >= 0.3 is 0 Å². The third kappa shape index (κ3) is 3.24. The summed E-state index contributed by atoms with van der Waals surface area (Å²) in [5.74, 6) is 0.211. The molecule has 0 radical (unpaired) electrons. The number of nitrogen functional groups attached to an aromatic ring is 1. The van der Waals surface area contributed by atoms with E-state index in [2.05, 4.69) is 35.9 Å². The highest BCUT2D eigenvalue weighted by Crippen LogP contribution is 2.34. The molecule has 3 aromatic heterocycles. The van der Waals surface area contributed by atoms with Gasteiger partial charge in [-0.2, -0.15) is 0 Å². The van der Waals surface area contributed by atoms with Crippen LogP contribution in [-0.4, -0.2) is 37.8 Å². The van der Waals surface area contributed by atoms with Crippen LogP contribution < -0.4 is 11.3 Å². The molecule has 3 heterocycles. The summed E-state index contributed by atoms with van der Waals surface area (Å²) in [6, 6.07) is 3.58. The third-order valence-corrected chi connectivity index (χ3v) is 5.17. The van der Waals surface area contributed by atoms with Gasteiger partial charge in [-0.3, -0.25) is 4.57 Å². The van der Waals surface area contributed by atoms with E-state index in [1.165, 1.54) is 0 Å². The third-order valence-electron chi connectivity index (χ3n) is 3.17. The number of hydrogen-bond acceptors (Lipinski definition) is 6. The first-order valence-corrected chi connectivity index (χ1v) is 10.4. The van der Waals surface area contributed by atoms with Crippen molar-refractivity contribution in [3.8, 4) is 0 Å². The first kappa shape index (κ1) is 16.4. The average Bonchev–Trinajstić information content (AvgIpc) is 2.78. The van der Waals surface area contributed by atoms with Gasteiger partial charge in [0.2, 0.25) is 0 Å². The molecule has 0 atom stereocenters. The summed E-state index contributed by atoms with van der Waals surface area (Å²) in [6.07, 6.45) is 1.68. The fourth-order valence-corrected chi connectivity index (χ4v) is 3.31. The van der Waals surface area contributed by atoms with Crippen LogP contribution >= 0.6 is 34.7 Å². The Bertz CT molecular complexity index is 936. The lowest BCUT2D eigenvalue weighted by molar-refractivity contribution is 0.587. The molecule has 0 aliphatic rings. The Kier molecular flexibility index (Phi) is 4.16. The van der Waals surface area contributed by atoms with Gasteiger partial charge in [-0.05, 0) is 40.9 Å². The molecule has 0 aliphatic heterocycles. The first-order chi connectivity index (χ1) is 10.8. The maximum absolute atomic E-state index is 12.3. The summed E-state index contributed by atoms with van der Waals surface area (Å²) in [6.45, 7) is 3.67. The van der Waals surface area contributed by atoms with E-state index < -0.39 is 7.14 Å². The molecule has 0 saturated heterocycles. The van der Waals surface area contributed by atoms with Crippen LogP contribution in [0.25, 0.3) is 11.2 Å². The summed E-state index contributed by atoms with van der Waals surface area (Å²) < 4.78 is 14.7. The smallest absolute Gasteiger partial charge is 0.192 e. The molecular weight excluding hydrogens is 403 g/mol. The Labute approximate surface area is 145 Å². The molecule has 0 amide bonds. The summed E-state index contributed by atoms with van der Waals surface area (Å²) in [7, 11) is -2.64. The molecule has 0 fully saturated rings. The summed E-state index contributed by atoms with van der Waals surface area (Å²) in [5.41, 5.74) is 8.11. The van der Waals surface area contributed by atoms with Crippen molar-refractivity contribution in [2.75, 3.05) is 19.1 Å². The maximum Gasteiger partial charge on any atom is 0.192 e. The van der Waals surface area contributed by atoms with E-state index >= 15 is 0 Å². The minimum Gasteiger partial charge on any atom is -0.382 e. The van der Waals surface area contributed by atoms with Crippen molar-refractivity contribution in [2.45, 2.75) is 6.54 Å². The molecule has 2 N–H and O–H groups in total. The minimum absolute atomic E-state index is 0.211. The van der Waals surface area contributed by atoms with Crippen molar-refractivity contribution in [3.63, 3.8) is 0 Å². The Balaban J connectivity index is 2.16. The first-order valence-electron chi connectivity index (χ1n) is 6.61. The summed E-state index contributed by atoms with van der Waals surface area (Å²) in [5, 5.41) is 0.426. The number of hydrogen-bond donors (Lipinski definition) is 1. The zero-order valence-corrected chi connectivity index (χ0v) is 15.6. The predicted octanol–water partition coefficient (Wildman–Crippen LogP) is 2.52. The van der Waals surface area contributed by atoms with Crippen LogP contribution in [0.15, 0.2) is 23.1 Å². The van der Waals surface area contributed by atoms with Gasteiger partial charge in [-0.15, -0.1) is 0 Å². The number of imidazole rings is 1. The van der Waals surface area contributed by atoms with E-state index in [1.54, 1.807) is 25.6 Å². The molecule has 0 spiro atoms. The number of halogens is 2. The van der Waals surface area contributed by atoms with Crippen LogP contribution in [0.2, 0.25) is 5.15 Å². The zero-order chi connectivity index (χ0) is 16.8. The predicted molar refractivity (Wildman–Crippen MR) is 94.9 cm³/mol. The molecule has 10 heteroatoms. The topological polar surface area (TPSA) is 99.6 Å². The van der Waals surface area contributed by atoms with E-state index in [4.69, 9.17) is 17.3 Å². The van der Waals surface area contributed by atoms with Crippen LogP contribution in [0.5, 0.6) is 0 Å². The number of anilines is 1. The standard InChI is InChI=1S/C13H13BrClN6OP/c1-23(2,22)13-19-10(16)9-11(20-13)21(12(14)18-9)6-7-3-4-8(15)17-5-7/h3-5H,6H2,1-2H3,(H2,16,19,20). The number of fused-ring (bicyclic) bond motifs is 1. The maximum atomic E-state index is 12.3. The molecule has 0 unspecified atom stereocenters. The molecule has 3 aromatic rings. The van der Waals surface area contributed by atoms with Gasteiger partial charge in [-0.1, -0.05) is 17.7 Å². The van der Waals surface area contributed by atoms with E-state index in [9.17, 15) is 4.57 Å². The van der Waals surface area contributed by atoms with Crippen molar-refractivity contribution in [1.29, 1.82) is 0 Å². The number of nitrogens with zero attached hydrogens (tertiary/aromatic N) is 5. The molecule has 23 heavy (non-hydrogen) atoms. The van der Waals surface area contributed by atoms with Crippen molar-refractivity contribution in [2.24, 2.45) is 0 Å². The highest BCUT2D eigenvalue weighted by Gasteiger charge is 2.21. The summed E-state index contributed by atoms with van der Waals surface area (Å²) in [4.78, 5) is 16.9. The van der Waals surface area contributed by atoms with Gasteiger partial charge in [-0.25, -0.2) is 19.9 Å². The number of rotatable bonds is 3. The van der Waals surface area contributed by atoms with E-state index in [0.29, 0.717) is 27.6 Å².